The average Bonchev–Trinajstić information content (AvgIpc) is 3.28. The van der Waals surface area contributed by atoms with Crippen molar-refractivity contribution in [2.45, 2.75) is 25.3 Å². The highest BCUT2D eigenvalue weighted by molar-refractivity contribution is 9.10. The third-order valence-corrected chi connectivity index (χ3v) is 6.24. The van der Waals surface area contributed by atoms with Crippen LogP contribution in [-0.4, -0.2) is 50.1 Å². The Kier molecular flexibility index (Phi) is 5.03. The highest BCUT2D eigenvalue weighted by atomic mass is 79.9. The molecule has 2 amide bonds. The average molecular weight is 490 g/mol. The first-order chi connectivity index (χ1) is 14.6. The maximum absolute atomic E-state index is 13.2. The first-order valence-corrected chi connectivity index (χ1v) is 10.8. The normalized spacial score (nSPS) is 18.0. The Bertz CT molecular complexity index is 1090. The van der Waals surface area contributed by atoms with Crippen molar-refractivity contribution in [1.29, 1.82) is 0 Å². The van der Waals surface area contributed by atoms with Crippen LogP contribution < -0.4 is 15.1 Å². The van der Waals surface area contributed by atoms with Crippen molar-refractivity contribution in [2.75, 3.05) is 28.2 Å². The number of nitrogens with zero attached hydrogens (tertiary/aromatic N) is 7. The van der Waals surface area contributed by atoms with Gasteiger partial charge in [0.1, 0.15) is 0 Å². The number of anilines is 3. The van der Waals surface area contributed by atoms with Gasteiger partial charge in [-0.15, -0.1) is 4.80 Å². The molecule has 1 saturated heterocycles. The van der Waals surface area contributed by atoms with Crippen LogP contribution >= 0.6 is 27.5 Å². The molecule has 154 valence electrons. The molecule has 2 aliphatic rings. The molecular formula is C19H18BrClN8O. The van der Waals surface area contributed by atoms with E-state index >= 15 is 0 Å². The highest BCUT2D eigenvalue weighted by Crippen LogP contribution is 2.42. The van der Waals surface area contributed by atoms with Crippen LogP contribution in [0, 0.1) is 0 Å². The fraction of sp³-hybridized carbons (Fsp3) is 0.316. The van der Waals surface area contributed by atoms with Crippen molar-refractivity contribution < 1.29 is 4.79 Å². The lowest BCUT2D eigenvalue weighted by molar-refractivity contribution is 0.255. The lowest BCUT2D eigenvalue weighted by Gasteiger charge is -2.46. The largest absolute Gasteiger partial charge is 0.364 e. The number of amides is 2. The van der Waals surface area contributed by atoms with Gasteiger partial charge in [-0.3, -0.25) is 9.88 Å². The van der Waals surface area contributed by atoms with Crippen LogP contribution in [-0.2, 0) is 0 Å². The third-order valence-electron chi connectivity index (χ3n) is 5.38. The summed E-state index contributed by atoms with van der Waals surface area (Å²) in [5.74, 6) is 0.397. The van der Waals surface area contributed by atoms with E-state index in [0.717, 1.165) is 41.7 Å². The van der Waals surface area contributed by atoms with Gasteiger partial charge in [-0.25, -0.2) is 9.78 Å². The summed E-state index contributed by atoms with van der Waals surface area (Å²) in [4.78, 5) is 27.2. The van der Waals surface area contributed by atoms with Crippen molar-refractivity contribution in [3.8, 4) is 5.82 Å². The first kappa shape index (κ1) is 19.3. The van der Waals surface area contributed by atoms with E-state index in [4.69, 9.17) is 11.6 Å². The summed E-state index contributed by atoms with van der Waals surface area (Å²) >= 11 is 9.95. The van der Waals surface area contributed by atoms with E-state index in [2.05, 4.69) is 46.3 Å². The number of carbonyl (C=O) groups excluding carboxylic acids is 1. The third kappa shape index (κ3) is 3.39. The molecule has 1 fully saturated rings. The lowest BCUT2D eigenvalue weighted by atomic mass is 9.98. The van der Waals surface area contributed by atoms with E-state index < -0.39 is 0 Å². The molecule has 0 bridgehead atoms. The minimum Gasteiger partial charge on any atom is -0.364 e. The van der Waals surface area contributed by atoms with Gasteiger partial charge in [0, 0.05) is 25.3 Å². The van der Waals surface area contributed by atoms with Crippen molar-refractivity contribution in [3.63, 3.8) is 0 Å². The Morgan fingerprint density at radius 2 is 2.03 bits per heavy atom. The minimum absolute atomic E-state index is 0.246. The fourth-order valence-corrected chi connectivity index (χ4v) is 4.84. The standard InChI is InChI=1S/C19H18BrClN8O/c20-14-9-22-10-16-17(14)27-6-2-1-3-13(27)11-28(16)19(30)26-12-7-15(21)18(23-8-12)29-24-4-5-25-29/h4-5,7-10,13H,1-3,6,11H2,(H,26,30). The number of pyridine rings is 2. The SMILES string of the molecule is O=C(Nc1cnc(-n2nccn2)c(Cl)c1)N1CC2CCCCN2c2c(Br)cncc21. The summed E-state index contributed by atoms with van der Waals surface area (Å²) in [5.41, 5.74) is 2.31. The number of hydrogen-bond donors (Lipinski definition) is 1. The highest BCUT2D eigenvalue weighted by Gasteiger charge is 2.36. The van der Waals surface area contributed by atoms with Crippen molar-refractivity contribution in [1.82, 2.24) is 25.0 Å². The van der Waals surface area contributed by atoms with Crippen LogP contribution in [0.15, 0.2) is 41.5 Å². The van der Waals surface area contributed by atoms with Gasteiger partial charge in [-0.1, -0.05) is 11.6 Å². The Labute approximate surface area is 186 Å². The number of urea groups is 1. The summed E-state index contributed by atoms with van der Waals surface area (Å²) in [6, 6.07) is 1.68. The molecule has 30 heavy (non-hydrogen) atoms. The van der Waals surface area contributed by atoms with E-state index in [9.17, 15) is 4.79 Å². The Balaban J connectivity index is 1.42. The predicted molar refractivity (Wildman–Crippen MR) is 117 cm³/mol. The van der Waals surface area contributed by atoms with Crippen LogP contribution in [0.3, 0.4) is 0 Å². The van der Waals surface area contributed by atoms with Gasteiger partial charge in [0.05, 0.1) is 51.3 Å². The van der Waals surface area contributed by atoms with E-state index in [1.54, 1.807) is 42.0 Å². The molecule has 11 heteroatoms. The molecule has 2 aliphatic heterocycles. The van der Waals surface area contributed by atoms with E-state index in [1.807, 2.05) is 0 Å². The zero-order valence-corrected chi connectivity index (χ0v) is 18.2. The summed E-state index contributed by atoms with van der Waals surface area (Å²) in [6.07, 6.45) is 11.5. The number of aromatic nitrogens is 5. The minimum atomic E-state index is -0.246. The molecule has 0 aromatic carbocycles. The molecule has 5 heterocycles. The summed E-state index contributed by atoms with van der Waals surface area (Å²) in [7, 11) is 0. The number of piperidine rings is 1. The zero-order chi connectivity index (χ0) is 20.7. The predicted octanol–water partition coefficient (Wildman–Crippen LogP) is 3.88. The Morgan fingerprint density at radius 3 is 2.83 bits per heavy atom. The maximum Gasteiger partial charge on any atom is 0.326 e. The molecule has 5 rings (SSSR count). The smallest absolute Gasteiger partial charge is 0.326 e. The van der Waals surface area contributed by atoms with Crippen molar-refractivity contribution in [3.05, 3.63) is 46.5 Å². The van der Waals surface area contributed by atoms with Gasteiger partial charge in [0.25, 0.3) is 0 Å². The van der Waals surface area contributed by atoms with Gasteiger partial charge in [0.15, 0.2) is 5.82 Å². The van der Waals surface area contributed by atoms with Crippen molar-refractivity contribution in [2.24, 2.45) is 0 Å². The quantitative estimate of drug-likeness (QED) is 0.587. The van der Waals surface area contributed by atoms with Gasteiger partial charge in [-0.2, -0.15) is 10.2 Å². The monoisotopic (exact) mass is 488 g/mol. The van der Waals surface area contributed by atoms with Crippen molar-refractivity contribution >= 4 is 50.6 Å². The Hall–Kier alpha value is -2.72. The number of carbonyl (C=O) groups is 1. The number of hydrogen-bond acceptors (Lipinski definition) is 6. The van der Waals surface area contributed by atoms with Gasteiger partial charge in [0.2, 0.25) is 0 Å². The van der Waals surface area contributed by atoms with Crippen LogP contribution in [0.5, 0.6) is 0 Å². The molecule has 1 atom stereocenters. The van der Waals surface area contributed by atoms with Gasteiger partial charge >= 0.3 is 6.03 Å². The summed E-state index contributed by atoms with van der Waals surface area (Å²) in [6.45, 7) is 1.59. The second-order valence-corrected chi connectivity index (χ2v) is 8.48. The van der Waals surface area contributed by atoms with E-state index in [1.165, 1.54) is 4.80 Å². The lowest BCUT2D eigenvalue weighted by Crippen LogP contribution is -2.54. The number of halogens is 2. The second kappa shape index (κ2) is 7.84. The van der Waals surface area contributed by atoms with Crippen LogP contribution in [0.1, 0.15) is 19.3 Å². The van der Waals surface area contributed by atoms with Gasteiger partial charge in [-0.05, 0) is 41.3 Å². The molecule has 0 spiro atoms. The Morgan fingerprint density at radius 1 is 1.20 bits per heavy atom. The molecule has 3 aromatic heterocycles. The molecule has 1 unspecified atom stereocenters. The van der Waals surface area contributed by atoms with Crippen LogP contribution in [0.2, 0.25) is 5.02 Å². The first-order valence-electron chi connectivity index (χ1n) is 9.62. The van der Waals surface area contributed by atoms with Gasteiger partial charge < -0.3 is 10.2 Å². The second-order valence-electron chi connectivity index (χ2n) is 7.22. The van der Waals surface area contributed by atoms with E-state index in [-0.39, 0.29) is 12.1 Å². The molecule has 3 aromatic rings. The zero-order valence-electron chi connectivity index (χ0n) is 15.9. The number of fused-ring (bicyclic) bond motifs is 3. The fourth-order valence-electron chi connectivity index (χ4n) is 4.05. The van der Waals surface area contributed by atoms with Crippen LogP contribution in [0.4, 0.5) is 21.9 Å². The van der Waals surface area contributed by atoms with E-state index in [0.29, 0.717) is 23.1 Å². The summed E-state index contributed by atoms with van der Waals surface area (Å²) < 4.78 is 0.894. The number of rotatable bonds is 2. The topological polar surface area (TPSA) is 92.1 Å². The molecule has 9 nitrogen and oxygen atoms in total. The maximum atomic E-state index is 13.2. The molecule has 0 radical (unpaired) electrons. The molecule has 0 aliphatic carbocycles. The molecular weight excluding hydrogens is 472 g/mol. The summed E-state index contributed by atoms with van der Waals surface area (Å²) in [5, 5.41) is 11.3. The number of nitrogens with one attached hydrogen (secondary N) is 1. The molecule has 0 saturated carbocycles. The molecule has 1 N–H and O–H groups in total. The van der Waals surface area contributed by atoms with Crippen LogP contribution in [0.25, 0.3) is 5.82 Å².